The van der Waals surface area contributed by atoms with Crippen molar-refractivity contribution in [1.29, 1.82) is 0 Å². The van der Waals surface area contributed by atoms with E-state index in [4.69, 9.17) is 9.47 Å². The van der Waals surface area contributed by atoms with Crippen LogP contribution in [0.4, 0.5) is 5.69 Å². The maximum Gasteiger partial charge on any atom is 0.255 e. The van der Waals surface area contributed by atoms with Crippen molar-refractivity contribution in [3.8, 4) is 5.75 Å². The zero-order chi connectivity index (χ0) is 20.9. The molecule has 2 aromatic carbocycles. The summed E-state index contributed by atoms with van der Waals surface area (Å²) in [5.41, 5.74) is 2.63. The van der Waals surface area contributed by atoms with Crippen LogP contribution >= 0.6 is 0 Å². The summed E-state index contributed by atoms with van der Waals surface area (Å²) in [5, 5.41) is 2.94. The highest BCUT2D eigenvalue weighted by atomic mass is 16.5. The van der Waals surface area contributed by atoms with Crippen LogP contribution in [0.1, 0.15) is 52.0 Å². The molecule has 0 saturated carbocycles. The predicted octanol–water partition coefficient (Wildman–Crippen LogP) is 4.04. The SMILES string of the molecule is Cc1c(NC(=O)c2ccc(OCC3CCCO3)cc2)cccc1C(=O)N1CCCC1. The van der Waals surface area contributed by atoms with Crippen LogP contribution in [0, 0.1) is 6.92 Å². The minimum atomic E-state index is -0.213. The molecule has 30 heavy (non-hydrogen) atoms. The third-order valence-electron chi connectivity index (χ3n) is 5.78. The summed E-state index contributed by atoms with van der Waals surface area (Å²) >= 11 is 0. The lowest BCUT2D eigenvalue weighted by Crippen LogP contribution is -2.28. The third kappa shape index (κ3) is 4.65. The van der Waals surface area contributed by atoms with Gasteiger partial charge in [-0.3, -0.25) is 9.59 Å². The molecule has 1 atom stereocenters. The van der Waals surface area contributed by atoms with Crippen LogP contribution < -0.4 is 10.1 Å². The van der Waals surface area contributed by atoms with Crippen molar-refractivity contribution in [1.82, 2.24) is 4.90 Å². The van der Waals surface area contributed by atoms with Gasteiger partial charge in [-0.2, -0.15) is 0 Å². The van der Waals surface area contributed by atoms with Crippen molar-refractivity contribution in [3.63, 3.8) is 0 Å². The summed E-state index contributed by atoms with van der Waals surface area (Å²) in [6.07, 6.45) is 4.37. The van der Waals surface area contributed by atoms with Crippen LogP contribution in [-0.2, 0) is 4.74 Å². The van der Waals surface area contributed by atoms with Crippen LogP contribution in [0.15, 0.2) is 42.5 Å². The monoisotopic (exact) mass is 408 g/mol. The normalized spacial score (nSPS) is 18.4. The van der Waals surface area contributed by atoms with E-state index in [2.05, 4.69) is 5.32 Å². The van der Waals surface area contributed by atoms with Gasteiger partial charge in [0.1, 0.15) is 12.4 Å². The fraction of sp³-hybridized carbons (Fsp3) is 0.417. The molecule has 158 valence electrons. The number of ether oxygens (including phenoxy) is 2. The van der Waals surface area contributed by atoms with Crippen molar-refractivity contribution in [2.45, 2.75) is 38.7 Å². The molecule has 2 heterocycles. The zero-order valence-electron chi connectivity index (χ0n) is 17.4. The van der Waals surface area contributed by atoms with Gasteiger partial charge in [0.15, 0.2) is 0 Å². The summed E-state index contributed by atoms with van der Waals surface area (Å²) in [6, 6.07) is 12.5. The van der Waals surface area contributed by atoms with E-state index in [0.29, 0.717) is 23.4 Å². The molecule has 2 amide bonds. The number of likely N-dealkylation sites (tertiary alicyclic amines) is 1. The van der Waals surface area contributed by atoms with Gasteiger partial charge in [-0.1, -0.05) is 6.07 Å². The number of benzene rings is 2. The molecule has 1 unspecified atom stereocenters. The average Bonchev–Trinajstić information content (AvgIpc) is 3.48. The van der Waals surface area contributed by atoms with Crippen molar-refractivity contribution in [2.75, 3.05) is 31.6 Å². The quantitative estimate of drug-likeness (QED) is 0.783. The molecule has 0 aliphatic carbocycles. The molecule has 4 rings (SSSR count). The smallest absolute Gasteiger partial charge is 0.255 e. The first-order valence-corrected chi connectivity index (χ1v) is 10.7. The number of nitrogens with one attached hydrogen (secondary N) is 1. The highest BCUT2D eigenvalue weighted by Crippen LogP contribution is 2.23. The summed E-state index contributed by atoms with van der Waals surface area (Å²) in [4.78, 5) is 27.4. The second kappa shape index (κ2) is 9.30. The number of hydrogen-bond donors (Lipinski definition) is 1. The van der Waals surface area contributed by atoms with Crippen LogP contribution in [0.2, 0.25) is 0 Å². The van der Waals surface area contributed by atoms with E-state index >= 15 is 0 Å². The Kier molecular flexibility index (Phi) is 6.33. The zero-order valence-corrected chi connectivity index (χ0v) is 17.4. The van der Waals surface area contributed by atoms with Crippen molar-refractivity contribution >= 4 is 17.5 Å². The molecule has 2 aliphatic heterocycles. The van der Waals surface area contributed by atoms with Gasteiger partial charge in [0.25, 0.3) is 11.8 Å². The van der Waals surface area contributed by atoms with Gasteiger partial charge in [-0.25, -0.2) is 0 Å². The standard InChI is InChI=1S/C24H28N2O4/c1-17-21(24(28)26-13-2-3-14-26)7-4-8-22(17)25-23(27)18-9-11-19(12-10-18)30-16-20-6-5-15-29-20/h4,7-12,20H,2-3,5-6,13-16H2,1H3,(H,25,27). The molecule has 0 aromatic heterocycles. The van der Waals surface area contributed by atoms with E-state index in [1.807, 2.05) is 30.0 Å². The molecule has 1 N–H and O–H groups in total. The Hall–Kier alpha value is -2.86. The van der Waals surface area contributed by atoms with Gasteiger partial charge >= 0.3 is 0 Å². The molecule has 0 bridgehead atoms. The van der Waals surface area contributed by atoms with E-state index in [0.717, 1.165) is 56.7 Å². The van der Waals surface area contributed by atoms with E-state index < -0.39 is 0 Å². The topological polar surface area (TPSA) is 67.9 Å². The van der Waals surface area contributed by atoms with E-state index in [1.54, 1.807) is 24.3 Å². The first-order chi connectivity index (χ1) is 14.6. The first kappa shape index (κ1) is 20.4. The highest BCUT2D eigenvalue weighted by molar-refractivity contribution is 6.06. The van der Waals surface area contributed by atoms with Gasteiger partial charge < -0.3 is 19.7 Å². The lowest BCUT2D eigenvalue weighted by atomic mass is 10.0. The van der Waals surface area contributed by atoms with Gasteiger partial charge in [0.2, 0.25) is 0 Å². The van der Waals surface area contributed by atoms with Crippen molar-refractivity contribution < 1.29 is 19.1 Å². The number of nitrogens with zero attached hydrogens (tertiary/aromatic N) is 1. The van der Waals surface area contributed by atoms with Crippen LogP contribution in [0.3, 0.4) is 0 Å². The van der Waals surface area contributed by atoms with E-state index in [1.165, 1.54) is 0 Å². The minimum Gasteiger partial charge on any atom is -0.491 e. The Morgan fingerprint density at radius 2 is 1.87 bits per heavy atom. The van der Waals surface area contributed by atoms with Crippen molar-refractivity contribution in [2.24, 2.45) is 0 Å². The molecule has 2 saturated heterocycles. The van der Waals surface area contributed by atoms with E-state index in [-0.39, 0.29) is 17.9 Å². The summed E-state index contributed by atoms with van der Waals surface area (Å²) in [7, 11) is 0. The molecule has 0 radical (unpaired) electrons. The van der Waals surface area contributed by atoms with Gasteiger partial charge in [0.05, 0.1) is 6.10 Å². The molecule has 2 aliphatic rings. The highest BCUT2D eigenvalue weighted by Gasteiger charge is 2.22. The largest absolute Gasteiger partial charge is 0.491 e. The summed E-state index contributed by atoms with van der Waals surface area (Å²) in [6.45, 7) is 4.81. The van der Waals surface area contributed by atoms with Gasteiger partial charge in [0, 0.05) is 36.5 Å². The lowest BCUT2D eigenvalue weighted by Gasteiger charge is -2.18. The Bertz CT molecular complexity index is 898. The van der Waals surface area contributed by atoms with Crippen LogP contribution in [0.5, 0.6) is 5.75 Å². The van der Waals surface area contributed by atoms with Crippen molar-refractivity contribution in [3.05, 3.63) is 59.2 Å². The second-order valence-corrected chi connectivity index (χ2v) is 7.90. The maximum absolute atomic E-state index is 12.8. The Balaban J connectivity index is 1.39. The second-order valence-electron chi connectivity index (χ2n) is 7.90. The summed E-state index contributed by atoms with van der Waals surface area (Å²) < 4.78 is 11.3. The number of carbonyl (C=O) groups excluding carboxylic acids is 2. The molecule has 2 fully saturated rings. The number of rotatable bonds is 6. The molecular formula is C24H28N2O4. The molecule has 6 heteroatoms. The van der Waals surface area contributed by atoms with Crippen LogP contribution in [0.25, 0.3) is 0 Å². The fourth-order valence-corrected chi connectivity index (χ4v) is 3.96. The number of amides is 2. The minimum absolute atomic E-state index is 0.0360. The predicted molar refractivity (Wildman–Crippen MR) is 115 cm³/mol. The molecule has 2 aromatic rings. The average molecular weight is 408 g/mol. The number of carbonyl (C=O) groups is 2. The van der Waals surface area contributed by atoms with Gasteiger partial charge in [-0.15, -0.1) is 0 Å². The lowest BCUT2D eigenvalue weighted by molar-refractivity contribution is 0.0679. The summed E-state index contributed by atoms with van der Waals surface area (Å²) in [5.74, 6) is 0.542. The Labute approximate surface area is 177 Å². The third-order valence-corrected chi connectivity index (χ3v) is 5.78. The molecular weight excluding hydrogens is 380 g/mol. The number of hydrogen-bond acceptors (Lipinski definition) is 4. The first-order valence-electron chi connectivity index (χ1n) is 10.7. The maximum atomic E-state index is 12.8. The number of anilines is 1. The fourth-order valence-electron chi connectivity index (χ4n) is 3.96. The Morgan fingerprint density at radius 3 is 2.57 bits per heavy atom. The van der Waals surface area contributed by atoms with Crippen LogP contribution in [-0.4, -0.2) is 49.1 Å². The van der Waals surface area contributed by atoms with E-state index in [9.17, 15) is 9.59 Å². The molecule has 6 nitrogen and oxygen atoms in total. The Morgan fingerprint density at radius 1 is 1.10 bits per heavy atom. The molecule has 0 spiro atoms. The van der Waals surface area contributed by atoms with Gasteiger partial charge in [-0.05, 0) is 74.6 Å².